The van der Waals surface area contributed by atoms with Crippen molar-refractivity contribution in [3.8, 4) is 11.5 Å². The van der Waals surface area contributed by atoms with Crippen LogP contribution in [0.5, 0.6) is 11.5 Å². The number of carbonyl (C=O) groups excluding carboxylic acids is 2. The lowest BCUT2D eigenvalue weighted by molar-refractivity contribution is -0.136. The number of ether oxygens (including phenoxy) is 2. The van der Waals surface area contributed by atoms with Gasteiger partial charge >= 0.3 is 11.8 Å². The van der Waals surface area contributed by atoms with E-state index in [4.69, 9.17) is 9.47 Å². The number of amides is 2. The van der Waals surface area contributed by atoms with E-state index >= 15 is 0 Å². The predicted molar refractivity (Wildman–Crippen MR) is 95.8 cm³/mol. The van der Waals surface area contributed by atoms with E-state index < -0.39 is 11.8 Å². The number of hydrogen-bond donors (Lipinski definition) is 2. The van der Waals surface area contributed by atoms with Crippen LogP contribution in [-0.2, 0) is 22.6 Å². The van der Waals surface area contributed by atoms with Gasteiger partial charge in [-0.15, -0.1) is 0 Å². The molecule has 132 valence electrons. The van der Waals surface area contributed by atoms with Gasteiger partial charge in [0.1, 0.15) is 0 Å². The van der Waals surface area contributed by atoms with E-state index in [0.29, 0.717) is 17.2 Å². The number of anilines is 1. The van der Waals surface area contributed by atoms with Gasteiger partial charge < -0.3 is 20.1 Å². The van der Waals surface area contributed by atoms with Crippen LogP contribution in [0.1, 0.15) is 18.1 Å². The van der Waals surface area contributed by atoms with Crippen molar-refractivity contribution in [1.82, 2.24) is 5.32 Å². The molecule has 0 saturated carbocycles. The Morgan fingerprint density at radius 2 is 1.68 bits per heavy atom. The van der Waals surface area contributed by atoms with Crippen LogP contribution < -0.4 is 20.1 Å². The second kappa shape index (κ2) is 8.73. The Balaban J connectivity index is 1.96. The molecular weight excluding hydrogens is 320 g/mol. The molecule has 2 rings (SSSR count). The van der Waals surface area contributed by atoms with Crippen LogP contribution in [0.3, 0.4) is 0 Å². The van der Waals surface area contributed by atoms with E-state index in [1.165, 1.54) is 0 Å². The first-order valence-corrected chi connectivity index (χ1v) is 7.97. The van der Waals surface area contributed by atoms with E-state index in [1.807, 2.05) is 25.1 Å². The number of rotatable bonds is 6. The highest BCUT2D eigenvalue weighted by atomic mass is 16.5. The lowest BCUT2D eigenvalue weighted by Gasteiger charge is -2.11. The number of hydrogen-bond acceptors (Lipinski definition) is 4. The average molecular weight is 342 g/mol. The second-order valence-electron chi connectivity index (χ2n) is 5.34. The first-order chi connectivity index (χ1) is 12.1. The molecule has 0 bridgehead atoms. The Kier molecular flexibility index (Phi) is 6.39. The fourth-order valence-corrected chi connectivity index (χ4v) is 2.38. The summed E-state index contributed by atoms with van der Waals surface area (Å²) >= 11 is 0. The average Bonchev–Trinajstić information content (AvgIpc) is 2.66. The van der Waals surface area contributed by atoms with Crippen molar-refractivity contribution in [3.63, 3.8) is 0 Å². The van der Waals surface area contributed by atoms with Crippen LogP contribution in [-0.4, -0.2) is 26.0 Å². The standard InChI is InChI=1S/C19H22N2O4/c1-4-14-7-5-6-8-15(14)21-19(23)18(22)20-12-13-9-10-16(24-2)17(11-13)25-3/h5-11H,4,12H2,1-3H3,(H,20,22)(H,21,23). The number of nitrogens with one attached hydrogen (secondary N) is 2. The summed E-state index contributed by atoms with van der Waals surface area (Å²) in [5.41, 5.74) is 2.42. The summed E-state index contributed by atoms with van der Waals surface area (Å²) in [6.45, 7) is 2.20. The van der Waals surface area contributed by atoms with E-state index in [-0.39, 0.29) is 6.54 Å². The SMILES string of the molecule is CCc1ccccc1NC(=O)C(=O)NCc1ccc(OC)c(OC)c1. The third-order valence-corrected chi connectivity index (χ3v) is 3.75. The molecule has 0 heterocycles. The van der Waals surface area contributed by atoms with Crippen molar-refractivity contribution >= 4 is 17.5 Å². The Labute approximate surface area is 147 Å². The molecule has 2 aromatic carbocycles. The maximum absolute atomic E-state index is 12.1. The van der Waals surface area contributed by atoms with Crippen LogP contribution in [0.2, 0.25) is 0 Å². The van der Waals surface area contributed by atoms with Gasteiger partial charge in [0, 0.05) is 12.2 Å². The minimum atomic E-state index is -0.694. The lowest BCUT2D eigenvalue weighted by atomic mass is 10.1. The third kappa shape index (κ3) is 4.73. The number of para-hydroxylation sites is 1. The van der Waals surface area contributed by atoms with Crippen molar-refractivity contribution in [1.29, 1.82) is 0 Å². The molecule has 0 spiro atoms. The molecule has 0 saturated heterocycles. The number of carbonyl (C=O) groups is 2. The lowest BCUT2D eigenvalue weighted by Crippen LogP contribution is -2.35. The van der Waals surface area contributed by atoms with Crippen LogP contribution in [0.15, 0.2) is 42.5 Å². The molecule has 6 heteroatoms. The zero-order valence-electron chi connectivity index (χ0n) is 14.6. The van der Waals surface area contributed by atoms with E-state index in [1.54, 1.807) is 38.5 Å². The number of methoxy groups -OCH3 is 2. The predicted octanol–water partition coefficient (Wildman–Crippen LogP) is 2.52. The van der Waals surface area contributed by atoms with Gasteiger partial charge in [0.05, 0.1) is 14.2 Å². The smallest absolute Gasteiger partial charge is 0.313 e. The summed E-state index contributed by atoms with van der Waals surface area (Å²) in [4.78, 5) is 24.1. The van der Waals surface area contributed by atoms with Gasteiger partial charge in [-0.3, -0.25) is 9.59 Å². The van der Waals surface area contributed by atoms with Gasteiger partial charge in [0.15, 0.2) is 11.5 Å². The molecule has 6 nitrogen and oxygen atoms in total. The summed E-state index contributed by atoms with van der Waals surface area (Å²) in [5.74, 6) is -0.218. The topological polar surface area (TPSA) is 76.7 Å². The maximum atomic E-state index is 12.1. The molecule has 25 heavy (non-hydrogen) atoms. The van der Waals surface area contributed by atoms with Gasteiger partial charge in [-0.1, -0.05) is 31.2 Å². The van der Waals surface area contributed by atoms with Gasteiger partial charge in [0.25, 0.3) is 0 Å². The minimum Gasteiger partial charge on any atom is -0.493 e. The van der Waals surface area contributed by atoms with Crippen LogP contribution in [0.4, 0.5) is 5.69 Å². The van der Waals surface area contributed by atoms with Crippen molar-refractivity contribution in [2.75, 3.05) is 19.5 Å². The van der Waals surface area contributed by atoms with Gasteiger partial charge in [-0.2, -0.15) is 0 Å². The highest BCUT2D eigenvalue weighted by Crippen LogP contribution is 2.27. The van der Waals surface area contributed by atoms with Crippen LogP contribution >= 0.6 is 0 Å². The zero-order chi connectivity index (χ0) is 18.2. The Hall–Kier alpha value is -3.02. The van der Waals surface area contributed by atoms with Crippen LogP contribution in [0.25, 0.3) is 0 Å². The first kappa shape index (κ1) is 18.3. The zero-order valence-corrected chi connectivity index (χ0v) is 14.6. The van der Waals surface area contributed by atoms with Crippen molar-refractivity contribution in [3.05, 3.63) is 53.6 Å². The second-order valence-corrected chi connectivity index (χ2v) is 5.34. The Bertz CT molecular complexity index is 759. The van der Waals surface area contributed by atoms with Gasteiger partial charge in [0.2, 0.25) is 0 Å². The summed E-state index contributed by atoms with van der Waals surface area (Å²) in [6, 6.07) is 12.7. The number of benzene rings is 2. The normalized spacial score (nSPS) is 10.0. The highest BCUT2D eigenvalue weighted by Gasteiger charge is 2.15. The molecule has 0 fully saturated rings. The quantitative estimate of drug-likeness (QED) is 0.791. The summed E-state index contributed by atoms with van der Waals surface area (Å²) < 4.78 is 10.4. The Morgan fingerprint density at radius 1 is 0.960 bits per heavy atom. The van der Waals surface area contributed by atoms with Crippen LogP contribution in [0, 0.1) is 0 Å². The molecule has 0 radical (unpaired) electrons. The van der Waals surface area contributed by atoms with Gasteiger partial charge in [-0.25, -0.2) is 0 Å². The first-order valence-electron chi connectivity index (χ1n) is 7.97. The summed E-state index contributed by atoms with van der Waals surface area (Å²) in [6.07, 6.45) is 0.768. The molecule has 2 aromatic rings. The number of aryl methyl sites for hydroxylation is 1. The largest absolute Gasteiger partial charge is 0.493 e. The van der Waals surface area contributed by atoms with Crippen molar-refractivity contribution in [2.45, 2.75) is 19.9 Å². The molecule has 2 amide bonds. The van der Waals surface area contributed by atoms with Crippen molar-refractivity contribution < 1.29 is 19.1 Å². The van der Waals surface area contributed by atoms with E-state index in [2.05, 4.69) is 10.6 Å². The molecule has 0 aromatic heterocycles. The molecule has 2 N–H and O–H groups in total. The summed E-state index contributed by atoms with van der Waals surface area (Å²) in [5, 5.41) is 5.24. The molecule has 0 aliphatic heterocycles. The van der Waals surface area contributed by atoms with Gasteiger partial charge in [-0.05, 0) is 35.7 Å². The molecule has 0 unspecified atom stereocenters. The monoisotopic (exact) mass is 342 g/mol. The molecule has 0 atom stereocenters. The summed E-state index contributed by atoms with van der Waals surface area (Å²) in [7, 11) is 3.09. The third-order valence-electron chi connectivity index (χ3n) is 3.75. The van der Waals surface area contributed by atoms with E-state index in [9.17, 15) is 9.59 Å². The van der Waals surface area contributed by atoms with E-state index in [0.717, 1.165) is 17.5 Å². The fraction of sp³-hybridized carbons (Fsp3) is 0.263. The Morgan fingerprint density at radius 3 is 2.36 bits per heavy atom. The highest BCUT2D eigenvalue weighted by molar-refractivity contribution is 6.39. The minimum absolute atomic E-state index is 0.210. The van der Waals surface area contributed by atoms with Crippen molar-refractivity contribution in [2.24, 2.45) is 0 Å². The fourth-order valence-electron chi connectivity index (χ4n) is 2.38. The molecule has 0 aliphatic rings. The maximum Gasteiger partial charge on any atom is 0.313 e. The molecular formula is C19H22N2O4. The molecule has 0 aliphatic carbocycles.